The number of hydrogen-bond acceptors (Lipinski definition) is 3. The number of carbonyl (C=O) groups is 1. The Morgan fingerprint density at radius 3 is 2.68 bits per heavy atom. The number of aliphatic hydroxyl groups is 1. The Hall–Kier alpha value is -1.89. The summed E-state index contributed by atoms with van der Waals surface area (Å²) >= 11 is 0. The Bertz CT molecular complexity index is 660. The van der Waals surface area contributed by atoms with Gasteiger partial charge in [0.2, 0.25) is 5.91 Å². The molecule has 0 spiro atoms. The Labute approximate surface area is 144 Å². The van der Waals surface area contributed by atoms with Crippen molar-refractivity contribution in [1.29, 1.82) is 0 Å². The van der Waals surface area contributed by atoms with Gasteiger partial charge in [0.25, 0.3) is 5.72 Å². The lowest BCUT2D eigenvalue weighted by atomic mass is 9.80. The van der Waals surface area contributed by atoms with E-state index in [9.17, 15) is 23.1 Å². The molecule has 1 aromatic rings. The number of hydrogen-bond donors (Lipinski definition) is 1. The molecule has 1 heterocycles. The zero-order valence-electron chi connectivity index (χ0n) is 13.8. The smallest absolute Gasteiger partial charge is 0.362 e. The Morgan fingerprint density at radius 1 is 1.28 bits per heavy atom. The first-order valence-corrected chi connectivity index (χ1v) is 8.57. The summed E-state index contributed by atoms with van der Waals surface area (Å²) in [7, 11) is 0. The van der Waals surface area contributed by atoms with Crippen molar-refractivity contribution < 1.29 is 23.1 Å². The van der Waals surface area contributed by atoms with Crippen molar-refractivity contribution in [3.8, 4) is 0 Å². The lowest BCUT2D eigenvalue weighted by Crippen LogP contribution is -2.61. The molecule has 25 heavy (non-hydrogen) atoms. The molecule has 1 amide bonds. The van der Waals surface area contributed by atoms with E-state index in [-0.39, 0.29) is 12.8 Å². The standard InChI is InChI=1S/C18H21F3N2O2/c19-18(20,21)17(25)14-10-4-5-11-15(14)22-23(17)16(24)12-6-9-13-7-2-1-3-8-13/h1-3,7-8,14,25H,4-6,9-12H2/t14-,17-/m1/s1. The Balaban J connectivity index is 1.72. The predicted molar refractivity (Wildman–Crippen MR) is 86.6 cm³/mol. The zero-order chi connectivity index (χ0) is 18.1. The summed E-state index contributed by atoms with van der Waals surface area (Å²) in [5.74, 6) is -1.92. The first-order chi connectivity index (χ1) is 11.8. The molecule has 0 saturated heterocycles. The summed E-state index contributed by atoms with van der Waals surface area (Å²) in [6, 6.07) is 9.43. The summed E-state index contributed by atoms with van der Waals surface area (Å²) in [5, 5.41) is 14.6. The molecule has 1 fully saturated rings. The molecule has 4 nitrogen and oxygen atoms in total. The highest BCUT2D eigenvalue weighted by molar-refractivity contribution is 5.93. The second-order valence-corrected chi connectivity index (χ2v) is 6.66. The maximum absolute atomic E-state index is 13.6. The van der Waals surface area contributed by atoms with Crippen LogP contribution in [-0.2, 0) is 11.2 Å². The van der Waals surface area contributed by atoms with Gasteiger partial charge < -0.3 is 5.11 Å². The maximum atomic E-state index is 13.6. The van der Waals surface area contributed by atoms with Gasteiger partial charge in [-0.05, 0) is 37.7 Å². The van der Waals surface area contributed by atoms with E-state index in [1.807, 2.05) is 30.3 Å². The number of aryl methyl sites for hydroxylation is 1. The highest BCUT2D eigenvalue weighted by Crippen LogP contribution is 2.48. The van der Waals surface area contributed by atoms with Crippen LogP contribution in [0.4, 0.5) is 13.2 Å². The Kier molecular flexibility index (Phi) is 4.86. The highest BCUT2D eigenvalue weighted by atomic mass is 19.4. The van der Waals surface area contributed by atoms with E-state index in [4.69, 9.17) is 0 Å². The van der Waals surface area contributed by atoms with Crippen molar-refractivity contribution in [1.82, 2.24) is 5.01 Å². The van der Waals surface area contributed by atoms with Crippen LogP contribution in [0.1, 0.15) is 44.1 Å². The van der Waals surface area contributed by atoms with Crippen molar-refractivity contribution in [3.05, 3.63) is 35.9 Å². The minimum atomic E-state index is -4.94. The summed E-state index contributed by atoms with van der Waals surface area (Å²) in [5.41, 5.74) is -1.89. The molecule has 3 rings (SSSR count). The van der Waals surface area contributed by atoms with Gasteiger partial charge in [0.05, 0.1) is 5.92 Å². The molecule has 0 radical (unpaired) electrons. The van der Waals surface area contributed by atoms with Gasteiger partial charge in [0, 0.05) is 12.1 Å². The van der Waals surface area contributed by atoms with Gasteiger partial charge in [-0.3, -0.25) is 4.79 Å². The quantitative estimate of drug-likeness (QED) is 0.897. The van der Waals surface area contributed by atoms with Crippen LogP contribution in [-0.4, -0.2) is 33.6 Å². The molecule has 1 saturated carbocycles. The average molecular weight is 354 g/mol. The van der Waals surface area contributed by atoms with E-state index in [2.05, 4.69) is 5.10 Å². The average Bonchev–Trinajstić information content (AvgIpc) is 2.90. The second kappa shape index (κ2) is 6.78. The Morgan fingerprint density at radius 2 is 2.00 bits per heavy atom. The minimum Gasteiger partial charge on any atom is -0.362 e. The summed E-state index contributed by atoms with van der Waals surface area (Å²) < 4.78 is 40.8. The SMILES string of the molecule is O=C(CCCc1ccccc1)N1N=C2CCCC[C@H]2[C@@]1(O)C(F)(F)F. The molecule has 1 aliphatic carbocycles. The summed E-state index contributed by atoms with van der Waals surface area (Å²) in [6.07, 6.45) is -2.10. The molecule has 1 aromatic carbocycles. The molecular formula is C18H21F3N2O2. The first kappa shape index (κ1) is 17.9. The van der Waals surface area contributed by atoms with Gasteiger partial charge in [0.1, 0.15) is 0 Å². The second-order valence-electron chi connectivity index (χ2n) is 6.66. The van der Waals surface area contributed by atoms with E-state index >= 15 is 0 Å². The van der Waals surface area contributed by atoms with Crippen molar-refractivity contribution in [2.75, 3.05) is 0 Å². The predicted octanol–water partition coefficient (Wildman–Crippen LogP) is 3.65. The zero-order valence-corrected chi connectivity index (χ0v) is 13.8. The van der Waals surface area contributed by atoms with Crippen LogP contribution in [0.15, 0.2) is 35.4 Å². The molecule has 136 valence electrons. The van der Waals surface area contributed by atoms with Crippen molar-refractivity contribution in [2.24, 2.45) is 11.0 Å². The number of amides is 1. The van der Waals surface area contributed by atoms with Gasteiger partial charge >= 0.3 is 6.18 Å². The van der Waals surface area contributed by atoms with Crippen LogP contribution in [0.5, 0.6) is 0 Å². The van der Waals surface area contributed by atoms with Crippen LogP contribution in [0, 0.1) is 5.92 Å². The van der Waals surface area contributed by atoms with E-state index < -0.39 is 23.7 Å². The van der Waals surface area contributed by atoms with E-state index in [0.717, 1.165) is 12.0 Å². The minimum absolute atomic E-state index is 0.0865. The summed E-state index contributed by atoms with van der Waals surface area (Å²) in [4.78, 5) is 12.4. The number of fused-ring (bicyclic) bond motifs is 1. The van der Waals surface area contributed by atoms with Crippen LogP contribution < -0.4 is 0 Å². The summed E-state index contributed by atoms with van der Waals surface area (Å²) in [6.45, 7) is 0. The van der Waals surface area contributed by atoms with Gasteiger partial charge in [0.15, 0.2) is 0 Å². The van der Waals surface area contributed by atoms with Crippen LogP contribution in [0.25, 0.3) is 0 Å². The molecule has 2 aliphatic rings. The lowest BCUT2D eigenvalue weighted by Gasteiger charge is -2.38. The number of alkyl halides is 3. The van der Waals surface area contributed by atoms with Crippen LogP contribution in [0.2, 0.25) is 0 Å². The fourth-order valence-corrected chi connectivity index (χ4v) is 3.66. The molecule has 0 bridgehead atoms. The fraction of sp³-hybridized carbons (Fsp3) is 0.556. The van der Waals surface area contributed by atoms with Crippen molar-refractivity contribution in [3.63, 3.8) is 0 Å². The number of carbonyl (C=O) groups excluding carboxylic acids is 1. The van der Waals surface area contributed by atoms with Gasteiger partial charge in [-0.2, -0.15) is 23.3 Å². The number of rotatable bonds is 4. The maximum Gasteiger partial charge on any atom is 0.439 e. The number of hydrazone groups is 1. The molecule has 1 aliphatic heterocycles. The third-order valence-electron chi connectivity index (χ3n) is 4.97. The first-order valence-electron chi connectivity index (χ1n) is 8.57. The molecule has 0 unspecified atom stereocenters. The molecule has 7 heteroatoms. The number of nitrogens with zero attached hydrogens (tertiary/aromatic N) is 2. The molecule has 0 aromatic heterocycles. The largest absolute Gasteiger partial charge is 0.439 e. The molecule has 1 N–H and O–H groups in total. The van der Waals surface area contributed by atoms with Crippen LogP contribution >= 0.6 is 0 Å². The monoisotopic (exact) mass is 354 g/mol. The van der Waals surface area contributed by atoms with E-state index in [1.54, 1.807) is 0 Å². The van der Waals surface area contributed by atoms with Gasteiger partial charge in [-0.1, -0.05) is 36.8 Å². The topological polar surface area (TPSA) is 52.9 Å². The van der Waals surface area contributed by atoms with Crippen molar-refractivity contribution in [2.45, 2.75) is 56.8 Å². The normalized spacial score (nSPS) is 26.3. The highest BCUT2D eigenvalue weighted by Gasteiger charge is 2.68. The number of halogens is 3. The molecule has 2 atom stereocenters. The van der Waals surface area contributed by atoms with Gasteiger partial charge in [-0.25, -0.2) is 0 Å². The van der Waals surface area contributed by atoms with E-state index in [0.29, 0.717) is 36.4 Å². The number of benzene rings is 1. The van der Waals surface area contributed by atoms with Crippen LogP contribution in [0.3, 0.4) is 0 Å². The molecular weight excluding hydrogens is 333 g/mol. The van der Waals surface area contributed by atoms with Gasteiger partial charge in [-0.15, -0.1) is 0 Å². The third kappa shape index (κ3) is 3.29. The van der Waals surface area contributed by atoms with Crippen molar-refractivity contribution >= 4 is 11.6 Å². The van der Waals surface area contributed by atoms with E-state index in [1.165, 1.54) is 0 Å². The lowest BCUT2D eigenvalue weighted by molar-refractivity contribution is -0.317. The third-order valence-corrected chi connectivity index (χ3v) is 4.97. The fourth-order valence-electron chi connectivity index (χ4n) is 3.66.